The molecule has 17 heavy (non-hydrogen) atoms. The smallest absolute Gasteiger partial charge is 0.339 e. The first-order valence-corrected chi connectivity index (χ1v) is 5.18. The molecule has 1 atom stereocenters. The van der Waals surface area contributed by atoms with Crippen molar-refractivity contribution < 1.29 is 19.4 Å². The van der Waals surface area contributed by atoms with Crippen LogP contribution in [-0.2, 0) is 4.74 Å². The fraction of sp³-hybridized carbons (Fsp3) is 0.308. The van der Waals surface area contributed by atoms with Crippen molar-refractivity contribution in [2.75, 3.05) is 13.2 Å². The lowest BCUT2D eigenvalue weighted by Crippen LogP contribution is -2.13. The van der Waals surface area contributed by atoms with Crippen LogP contribution >= 0.6 is 0 Å². The lowest BCUT2D eigenvalue weighted by atomic mass is 10.2. The molecule has 4 nitrogen and oxygen atoms in total. The highest BCUT2D eigenvalue weighted by Crippen LogP contribution is 2.17. The predicted octanol–water partition coefficient (Wildman–Crippen LogP) is 1.80. The number of rotatable bonds is 6. The molecule has 0 aliphatic heterocycles. The van der Waals surface area contributed by atoms with E-state index in [1.807, 2.05) is 0 Å². The molecule has 0 aromatic heterocycles. The summed E-state index contributed by atoms with van der Waals surface area (Å²) in [5.74, 6) is 1.74. The van der Waals surface area contributed by atoms with E-state index in [9.17, 15) is 4.79 Å². The molecule has 0 heterocycles. The molecule has 0 bridgehead atoms. The molecule has 0 radical (unpaired) electrons. The molecular formula is C13H14O4. The number of aromatic carboxylic acids is 1. The van der Waals surface area contributed by atoms with Crippen molar-refractivity contribution in [1.29, 1.82) is 0 Å². The minimum absolute atomic E-state index is 0.137. The van der Waals surface area contributed by atoms with Crippen LogP contribution in [0.25, 0.3) is 0 Å². The van der Waals surface area contributed by atoms with Gasteiger partial charge in [-0.25, -0.2) is 4.79 Å². The van der Waals surface area contributed by atoms with E-state index in [0.29, 0.717) is 12.4 Å². The largest absolute Gasteiger partial charge is 0.490 e. The van der Waals surface area contributed by atoms with E-state index in [1.54, 1.807) is 25.1 Å². The Bertz CT molecular complexity index is 420. The first-order valence-electron chi connectivity index (χ1n) is 5.18. The summed E-state index contributed by atoms with van der Waals surface area (Å²) in [6, 6.07) is 6.45. The van der Waals surface area contributed by atoms with Crippen molar-refractivity contribution in [3.8, 4) is 18.1 Å². The molecule has 0 saturated carbocycles. The topological polar surface area (TPSA) is 55.8 Å². The molecular weight excluding hydrogens is 220 g/mol. The number of hydrogen-bond donors (Lipinski definition) is 1. The number of carboxylic acid groups (broad SMARTS) is 1. The van der Waals surface area contributed by atoms with Crippen LogP contribution in [0.3, 0.4) is 0 Å². The molecule has 0 amide bonds. The van der Waals surface area contributed by atoms with Gasteiger partial charge in [-0.1, -0.05) is 18.1 Å². The van der Waals surface area contributed by atoms with Gasteiger partial charge in [0.05, 0.1) is 6.61 Å². The zero-order valence-corrected chi connectivity index (χ0v) is 9.55. The van der Waals surface area contributed by atoms with Gasteiger partial charge >= 0.3 is 5.97 Å². The maximum Gasteiger partial charge on any atom is 0.339 e. The maximum absolute atomic E-state index is 10.9. The predicted molar refractivity (Wildman–Crippen MR) is 63.1 cm³/mol. The maximum atomic E-state index is 10.9. The molecule has 1 aromatic carbocycles. The molecule has 4 heteroatoms. The number of ether oxygens (including phenoxy) is 2. The Morgan fingerprint density at radius 3 is 2.82 bits per heavy atom. The van der Waals surface area contributed by atoms with Crippen LogP contribution in [0.4, 0.5) is 0 Å². The zero-order chi connectivity index (χ0) is 12.7. The zero-order valence-electron chi connectivity index (χ0n) is 9.55. The van der Waals surface area contributed by atoms with Crippen LogP contribution < -0.4 is 4.74 Å². The summed E-state index contributed by atoms with van der Waals surface area (Å²) in [7, 11) is 0. The van der Waals surface area contributed by atoms with E-state index in [2.05, 4.69) is 5.92 Å². The monoisotopic (exact) mass is 234 g/mol. The Hall–Kier alpha value is -1.99. The van der Waals surface area contributed by atoms with Gasteiger partial charge in [0.15, 0.2) is 0 Å². The van der Waals surface area contributed by atoms with Crippen molar-refractivity contribution in [3.63, 3.8) is 0 Å². The molecule has 0 aliphatic carbocycles. The lowest BCUT2D eigenvalue weighted by Gasteiger charge is -2.10. The number of hydrogen-bond acceptors (Lipinski definition) is 3. The summed E-state index contributed by atoms with van der Waals surface area (Å²) in [4.78, 5) is 10.9. The van der Waals surface area contributed by atoms with Gasteiger partial charge in [0, 0.05) is 0 Å². The van der Waals surface area contributed by atoms with Crippen LogP contribution in [-0.4, -0.2) is 30.4 Å². The van der Waals surface area contributed by atoms with Crippen molar-refractivity contribution in [2.45, 2.75) is 13.0 Å². The highest BCUT2D eigenvalue weighted by Gasteiger charge is 2.09. The van der Waals surface area contributed by atoms with E-state index in [4.69, 9.17) is 21.0 Å². The first-order chi connectivity index (χ1) is 8.15. The second-order valence-electron chi connectivity index (χ2n) is 3.33. The minimum Gasteiger partial charge on any atom is -0.490 e. The van der Waals surface area contributed by atoms with E-state index in [-0.39, 0.29) is 18.3 Å². The molecule has 90 valence electrons. The van der Waals surface area contributed by atoms with Crippen LogP contribution in [0.5, 0.6) is 5.75 Å². The SMILES string of the molecule is C#CC(C)OCCOc1ccccc1C(=O)O. The molecule has 1 unspecified atom stereocenters. The average Bonchev–Trinajstić information content (AvgIpc) is 2.34. The quantitative estimate of drug-likeness (QED) is 0.602. The van der Waals surface area contributed by atoms with Gasteiger partial charge in [-0.3, -0.25) is 0 Å². The summed E-state index contributed by atoms with van der Waals surface area (Å²) >= 11 is 0. The highest BCUT2D eigenvalue weighted by molar-refractivity contribution is 5.90. The summed E-state index contributed by atoms with van der Waals surface area (Å²) < 4.78 is 10.5. The molecule has 1 N–H and O–H groups in total. The number of para-hydroxylation sites is 1. The third-order valence-electron chi connectivity index (χ3n) is 2.06. The van der Waals surface area contributed by atoms with Crippen LogP contribution in [0.15, 0.2) is 24.3 Å². The van der Waals surface area contributed by atoms with E-state index < -0.39 is 5.97 Å². The second-order valence-corrected chi connectivity index (χ2v) is 3.33. The van der Waals surface area contributed by atoms with Gasteiger partial charge in [-0.05, 0) is 19.1 Å². The van der Waals surface area contributed by atoms with Crippen molar-refractivity contribution in [1.82, 2.24) is 0 Å². The standard InChI is InChI=1S/C13H14O4/c1-3-10(2)16-8-9-17-12-7-5-4-6-11(12)13(14)15/h1,4-7,10H,8-9H2,2H3,(H,14,15). The van der Waals surface area contributed by atoms with Gasteiger partial charge in [-0.15, -0.1) is 6.42 Å². The van der Waals surface area contributed by atoms with Gasteiger partial charge in [0.25, 0.3) is 0 Å². The molecule has 1 aromatic rings. The lowest BCUT2D eigenvalue weighted by molar-refractivity contribution is 0.0666. The number of carbonyl (C=O) groups is 1. The second kappa shape index (κ2) is 6.56. The molecule has 0 aliphatic rings. The Balaban J connectivity index is 2.47. The number of carboxylic acids is 1. The summed E-state index contributed by atoms with van der Waals surface area (Å²) in [5.41, 5.74) is 0.137. The Morgan fingerprint density at radius 1 is 1.47 bits per heavy atom. The molecule has 0 fully saturated rings. The molecule has 0 spiro atoms. The van der Waals surface area contributed by atoms with Crippen molar-refractivity contribution in [3.05, 3.63) is 29.8 Å². The fourth-order valence-electron chi connectivity index (χ4n) is 1.19. The van der Waals surface area contributed by atoms with E-state index in [0.717, 1.165) is 0 Å². The summed E-state index contributed by atoms with van der Waals surface area (Å²) in [5, 5.41) is 8.91. The number of terminal acetylenes is 1. The Kier molecular flexibility index (Phi) is 5.05. The average molecular weight is 234 g/mol. The van der Waals surface area contributed by atoms with E-state index >= 15 is 0 Å². The Morgan fingerprint density at radius 2 is 2.18 bits per heavy atom. The van der Waals surface area contributed by atoms with Crippen molar-refractivity contribution >= 4 is 5.97 Å². The third kappa shape index (κ3) is 4.17. The summed E-state index contributed by atoms with van der Waals surface area (Å²) in [6.07, 6.45) is 4.87. The van der Waals surface area contributed by atoms with Crippen molar-refractivity contribution in [2.24, 2.45) is 0 Å². The fourth-order valence-corrected chi connectivity index (χ4v) is 1.19. The molecule has 0 saturated heterocycles. The summed E-state index contributed by atoms with van der Waals surface area (Å²) in [6.45, 7) is 2.33. The third-order valence-corrected chi connectivity index (χ3v) is 2.06. The Labute approximate surface area is 100 Å². The van der Waals surface area contributed by atoms with Gasteiger partial charge in [0.1, 0.15) is 24.0 Å². The van der Waals surface area contributed by atoms with Gasteiger partial charge in [0.2, 0.25) is 0 Å². The van der Waals surface area contributed by atoms with Crippen LogP contribution in [0.1, 0.15) is 17.3 Å². The van der Waals surface area contributed by atoms with Crippen LogP contribution in [0.2, 0.25) is 0 Å². The van der Waals surface area contributed by atoms with E-state index in [1.165, 1.54) is 6.07 Å². The normalized spacial score (nSPS) is 11.5. The number of benzene rings is 1. The highest BCUT2D eigenvalue weighted by atomic mass is 16.5. The van der Waals surface area contributed by atoms with Crippen LogP contribution in [0, 0.1) is 12.3 Å². The minimum atomic E-state index is -1.02. The first kappa shape index (κ1) is 13.1. The van der Waals surface area contributed by atoms with Gasteiger partial charge in [-0.2, -0.15) is 0 Å². The van der Waals surface area contributed by atoms with Gasteiger partial charge < -0.3 is 14.6 Å². The molecule has 1 rings (SSSR count).